The van der Waals surface area contributed by atoms with Crippen molar-refractivity contribution in [1.29, 1.82) is 0 Å². The van der Waals surface area contributed by atoms with Crippen LogP contribution in [0.15, 0.2) is 36.4 Å². The van der Waals surface area contributed by atoms with E-state index in [1.807, 2.05) is 13.1 Å². The molecule has 1 N–H and O–H groups in total. The summed E-state index contributed by atoms with van der Waals surface area (Å²) in [4.78, 5) is 0. The number of hydrogen-bond donors (Lipinski definition) is 1. The maximum atomic E-state index is 5.19. The largest absolute Gasteiger partial charge is 0.497 e. The Bertz CT molecular complexity index is 465. The lowest BCUT2D eigenvalue weighted by atomic mass is 10.1. The van der Waals surface area contributed by atoms with E-state index in [-0.39, 0.29) is 0 Å². The molecular weight excluding hydrogens is 186 g/mol. The van der Waals surface area contributed by atoms with Crippen LogP contribution in [0.2, 0.25) is 0 Å². The second-order valence-corrected chi connectivity index (χ2v) is 3.58. The van der Waals surface area contributed by atoms with Crippen molar-refractivity contribution in [3.8, 4) is 5.75 Å². The summed E-state index contributed by atoms with van der Waals surface area (Å²) in [5.41, 5.74) is 1.30. The molecule has 0 aromatic heterocycles. The minimum Gasteiger partial charge on any atom is -0.497 e. The summed E-state index contributed by atoms with van der Waals surface area (Å²) in [5, 5.41) is 5.62. The Morgan fingerprint density at radius 2 is 1.80 bits per heavy atom. The zero-order valence-electron chi connectivity index (χ0n) is 9.08. The third kappa shape index (κ3) is 2.10. The quantitative estimate of drug-likeness (QED) is 0.824. The van der Waals surface area contributed by atoms with Crippen molar-refractivity contribution in [3.63, 3.8) is 0 Å². The number of ether oxygens (including phenoxy) is 1. The van der Waals surface area contributed by atoms with E-state index in [0.717, 1.165) is 12.3 Å². The van der Waals surface area contributed by atoms with E-state index in [1.165, 1.54) is 16.3 Å². The lowest BCUT2D eigenvalue weighted by molar-refractivity contribution is 0.415. The average Bonchev–Trinajstić information content (AvgIpc) is 2.29. The highest BCUT2D eigenvalue weighted by molar-refractivity contribution is 5.84. The lowest BCUT2D eigenvalue weighted by Gasteiger charge is -2.05. The Morgan fingerprint density at radius 1 is 1.07 bits per heavy atom. The van der Waals surface area contributed by atoms with Gasteiger partial charge in [0, 0.05) is 6.54 Å². The lowest BCUT2D eigenvalue weighted by Crippen LogP contribution is -2.04. The predicted octanol–water partition coefficient (Wildman–Crippen LogP) is 2.57. The second-order valence-electron chi connectivity index (χ2n) is 3.58. The first-order chi connectivity index (χ1) is 7.33. The van der Waals surface area contributed by atoms with Gasteiger partial charge in [0.1, 0.15) is 5.75 Å². The standard InChI is InChI=1S/C13H15NO/c1-14-9-10-3-4-12-8-13(15-2)6-5-11(12)7-10/h3-8,14H,9H2,1-2H3. The summed E-state index contributed by atoms with van der Waals surface area (Å²) in [6, 6.07) is 12.6. The van der Waals surface area contributed by atoms with E-state index in [9.17, 15) is 0 Å². The van der Waals surface area contributed by atoms with Crippen molar-refractivity contribution >= 4 is 10.8 Å². The van der Waals surface area contributed by atoms with Gasteiger partial charge in [-0.15, -0.1) is 0 Å². The van der Waals surface area contributed by atoms with Gasteiger partial charge in [0.15, 0.2) is 0 Å². The topological polar surface area (TPSA) is 21.3 Å². The van der Waals surface area contributed by atoms with Crippen LogP contribution in [0.4, 0.5) is 0 Å². The van der Waals surface area contributed by atoms with Crippen LogP contribution in [0.3, 0.4) is 0 Å². The molecule has 2 aromatic rings. The van der Waals surface area contributed by atoms with Gasteiger partial charge < -0.3 is 10.1 Å². The van der Waals surface area contributed by atoms with Gasteiger partial charge in [-0.3, -0.25) is 0 Å². The van der Waals surface area contributed by atoms with Gasteiger partial charge >= 0.3 is 0 Å². The van der Waals surface area contributed by atoms with Crippen molar-refractivity contribution in [2.75, 3.05) is 14.2 Å². The molecule has 2 aromatic carbocycles. The van der Waals surface area contributed by atoms with Crippen molar-refractivity contribution in [1.82, 2.24) is 5.32 Å². The SMILES string of the molecule is CNCc1ccc2cc(OC)ccc2c1. The molecule has 0 radical (unpaired) electrons. The Hall–Kier alpha value is -1.54. The zero-order chi connectivity index (χ0) is 10.7. The maximum Gasteiger partial charge on any atom is 0.119 e. The molecule has 0 unspecified atom stereocenters. The predicted molar refractivity (Wildman–Crippen MR) is 63.3 cm³/mol. The molecule has 0 aliphatic heterocycles. The third-order valence-corrected chi connectivity index (χ3v) is 2.49. The van der Waals surface area contributed by atoms with Gasteiger partial charge in [-0.1, -0.05) is 18.2 Å². The van der Waals surface area contributed by atoms with Crippen molar-refractivity contribution in [3.05, 3.63) is 42.0 Å². The average molecular weight is 201 g/mol. The highest BCUT2D eigenvalue weighted by Gasteiger charge is 1.97. The van der Waals surface area contributed by atoms with Gasteiger partial charge in [0.2, 0.25) is 0 Å². The van der Waals surface area contributed by atoms with Gasteiger partial charge in [0.05, 0.1) is 7.11 Å². The highest BCUT2D eigenvalue weighted by atomic mass is 16.5. The van der Waals surface area contributed by atoms with Crippen LogP contribution in [0.1, 0.15) is 5.56 Å². The van der Waals surface area contributed by atoms with E-state index in [4.69, 9.17) is 4.74 Å². The number of nitrogens with one attached hydrogen (secondary N) is 1. The van der Waals surface area contributed by atoms with Crippen molar-refractivity contribution < 1.29 is 4.74 Å². The molecule has 0 fully saturated rings. The molecule has 2 nitrogen and oxygen atoms in total. The molecule has 0 heterocycles. The number of rotatable bonds is 3. The van der Waals surface area contributed by atoms with Crippen LogP contribution >= 0.6 is 0 Å². The molecule has 15 heavy (non-hydrogen) atoms. The Kier molecular flexibility index (Phi) is 2.88. The third-order valence-electron chi connectivity index (χ3n) is 2.49. The molecular formula is C13H15NO. The molecule has 0 aliphatic rings. The van der Waals surface area contributed by atoms with E-state index < -0.39 is 0 Å². The molecule has 0 spiro atoms. The van der Waals surface area contributed by atoms with E-state index in [2.05, 4.69) is 35.6 Å². The molecule has 0 bridgehead atoms. The van der Waals surface area contributed by atoms with Crippen LogP contribution < -0.4 is 10.1 Å². The molecule has 78 valence electrons. The number of methoxy groups -OCH3 is 1. The van der Waals surface area contributed by atoms with E-state index in [0.29, 0.717) is 0 Å². The van der Waals surface area contributed by atoms with Crippen LogP contribution in [-0.4, -0.2) is 14.2 Å². The minimum atomic E-state index is 0.905. The first-order valence-corrected chi connectivity index (χ1v) is 5.05. The molecule has 2 rings (SSSR count). The summed E-state index contributed by atoms with van der Waals surface area (Å²) in [6.07, 6.45) is 0. The summed E-state index contributed by atoms with van der Waals surface area (Å²) in [6.45, 7) is 0.905. The van der Waals surface area contributed by atoms with E-state index in [1.54, 1.807) is 7.11 Å². The van der Waals surface area contributed by atoms with Crippen LogP contribution in [-0.2, 0) is 6.54 Å². The molecule has 0 aliphatic carbocycles. The Morgan fingerprint density at radius 3 is 2.53 bits per heavy atom. The zero-order valence-corrected chi connectivity index (χ0v) is 9.08. The van der Waals surface area contributed by atoms with Gasteiger partial charge in [-0.2, -0.15) is 0 Å². The summed E-state index contributed by atoms with van der Waals surface area (Å²) in [7, 11) is 3.65. The normalized spacial score (nSPS) is 10.5. The molecule has 0 amide bonds. The fourth-order valence-corrected chi connectivity index (χ4v) is 1.71. The number of fused-ring (bicyclic) bond motifs is 1. The highest BCUT2D eigenvalue weighted by Crippen LogP contribution is 2.21. The molecule has 0 saturated carbocycles. The van der Waals surface area contributed by atoms with Crippen LogP contribution in [0.25, 0.3) is 10.8 Å². The summed E-state index contributed by atoms with van der Waals surface area (Å²) in [5.74, 6) is 0.906. The van der Waals surface area contributed by atoms with Gasteiger partial charge in [0.25, 0.3) is 0 Å². The summed E-state index contributed by atoms with van der Waals surface area (Å²) >= 11 is 0. The van der Waals surface area contributed by atoms with E-state index >= 15 is 0 Å². The Balaban J connectivity index is 2.45. The molecule has 0 saturated heterocycles. The first-order valence-electron chi connectivity index (χ1n) is 5.05. The summed E-state index contributed by atoms with van der Waals surface area (Å²) < 4.78 is 5.19. The minimum absolute atomic E-state index is 0.905. The van der Waals surface area contributed by atoms with Crippen LogP contribution in [0.5, 0.6) is 5.75 Å². The molecule has 0 atom stereocenters. The van der Waals surface area contributed by atoms with Crippen LogP contribution in [0, 0.1) is 0 Å². The first kappa shape index (κ1) is 9.99. The Labute approximate surface area is 89.9 Å². The fraction of sp³-hybridized carbons (Fsp3) is 0.231. The van der Waals surface area contributed by atoms with Gasteiger partial charge in [-0.05, 0) is 41.6 Å². The number of hydrogen-bond acceptors (Lipinski definition) is 2. The van der Waals surface area contributed by atoms with Crippen molar-refractivity contribution in [2.24, 2.45) is 0 Å². The molecule has 2 heteroatoms. The second kappa shape index (κ2) is 4.32. The smallest absolute Gasteiger partial charge is 0.119 e. The number of benzene rings is 2. The maximum absolute atomic E-state index is 5.19. The fourth-order valence-electron chi connectivity index (χ4n) is 1.71. The monoisotopic (exact) mass is 201 g/mol. The van der Waals surface area contributed by atoms with Crippen molar-refractivity contribution in [2.45, 2.75) is 6.54 Å². The van der Waals surface area contributed by atoms with Gasteiger partial charge in [-0.25, -0.2) is 0 Å².